The van der Waals surface area contributed by atoms with Gasteiger partial charge in [0.2, 0.25) is 5.91 Å². The van der Waals surface area contributed by atoms with Crippen LogP contribution in [0.2, 0.25) is 0 Å². The first kappa shape index (κ1) is 17.9. The summed E-state index contributed by atoms with van der Waals surface area (Å²) in [5, 5.41) is 8.92. The van der Waals surface area contributed by atoms with Crippen molar-refractivity contribution in [3.05, 3.63) is 0 Å². The highest BCUT2D eigenvalue weighted by Gasteiger charge is 2.28. The number of methoxy groups -OCH3 is 1. The third-order valence-corrected chi connectivity index (χ3v) is 4.05. The van der Waals surface area contributed by atoms with Gasteiger partial charge in [0, 0.05) is 32.3 Å². The summed E-state index contributed by atoms with van der Waals surface area (Å²) < 4.78 is 4.75. The molecular weight excluding hydrogens is 272 g/mol. The van der Waals surface area contributed by atoms with E-state index in [1.165, 1.54) is 7.11 Å². The minimum absolute atomic E-state index is 0.0744. The van der Waals surface area contributed by atoms with E-state index in [1.54, 1.807) is 0 Å². The molecule has 0 bridgehead atoms. The van der Waals surface area contributed by atoms with E-state index in [-0.39, 0.29) is 30.4 Å². The van der Waals surface area contributed by atoms with Crippen molar-refractivity contribution >= 4 is 11.9 Å². The molecule has 21 heavy (non-hydrogen) atoms. The smallest absolute Gasteiger partial charge is 0.308 e. The molecule has 1 N–H and O–H groups in total. The van der Waals surface area contributed by atoms with E-state index in [2.05, 4.69) is 4.90 Å². The van der Waals surface area contributed by atoms with Crippen LogP contribution in [-0.4, -0.2) is 72.7 Å². The number of carbonyl (C=O) groups is 2. The van der Waals surface area contributed by atoms with Crippen LogP contribution in [0.1, 0.15) is 33.1 Å². The van der Waals surface area contributed by atoms with Crippen LogP contribution in [0.25, 0.3) is 0 Å². The lowest BCUT2D eigenvalue weighted by molar-refractivity contribution is -0.149. The maximum atomic E-state index is 12.3. The number of nitrogens with zero attached hydrogens (tertiary/aromatic N) is 2. The number of hydrogen-bond donors (Lipinski definition) is 1. The van der Waals surface area contributed by atoms with Gasteiger partial charge in [0.15, 0.2) is 0 Å². The molecular formula is C15H28N2O4. The molecule has 6 heteroatoms. The summed E-state index contributed by atoms with van der Waals surface area (Å²) in [4.78, 5) is 27.7. The van der Waals surface area contributed by atoms with Crippen molar-refractivity contribution in [2.45, 2.75) is 39.2 Å². The van der Waals surface area contributed by atoms with E-state index in [9.17, 15) is 9.59 Å². The zero-order chi connectivity index (χ0) is 15.8. The number of piperidine rings is 1. The number of rotatable bonds is 7. The predicted octanol–water partition coefficient (Wildman–Crippen LogP) is 0.491. The average molecular weight is 300 g/mol. The Morgan fingerprint density at radius 3 is 2.43 bits per heavy atom. The third kappa shape index (κ3) is 5.63. The van der Waals surface area contributed by atoms with Crippen molar-refractivity contribution in [2.75, 3.05) is 39.9 Å². The van der Waals surface area contributed by atoms with Crippen LogP contribution in [-0.2, 0) is 14.3 Å². The Kier molecular flexibility index (Phi) is 7.67. The Hall–Kier alpha value is -1.14. The van der Waals surface area contributed by atoms with E-state index in [4.69, 9.17) is 9.84 Å². The second-order valence-corrected chi connectivity index (χ2v) is 5.82. The topological polar surface area (TPSA) is 70.1 Å². The number of aliphatic hydroxyl groups is 1. The maximum Gasteiger partial charge on any atom is 0.308 e. The number of likely N-dealkylation sites (tertiary alicyclic amines) is 1. The molecule has 1 aliphatic rings. The van der Waals surface area contributed by atoms with Crippen molar-refractivity contribution in [2.24, 2.45) is 5.92 Å². The van der Waals surface area contributed by atoms with Gasteiger partial charge in [0.1, 0.15) is 0 Å². The Morgan fingerprint density at radius 2 is 1.95 bits per heavy atom. The molecule has 122 valence electrons. The lowest BCUT2D eigenvalue weighted by atomic mass is 9.97. The molecule has 1 rings (SSSR count). The van der Waals surface area contributed by atoms with Crippen LogP contribution in [0, 0.1) is 5.92 Å². The normalized spacial score (nSPS) is 16.6. The fourth-order valence-corrected chi connectivity index (χ4v) is 2.60. The van der Waals surface area contributed by atoms with Crippen molar-refractivity contribution in [3.63, 3.8) is 0 Å². The summed E-state index contributed by atoms with van der Waals surface area (Å²) in [6.45, 7) is 6.57. The van der Waals surface area contributed by atoms with E-state index in [1.807, 2.05) is 18.7 Å². The van der Waals surface area contributed by atoms with Crippen molar-refractivity contribution in [3.8, 4) is 0 Å². The zero-order valence-corrected chi connectivity index (χ0v) is 13.4. The molecule has 0 saturated carbocycles. The highest BCUT2D eigenvalue weighted by atomic mass is 16.5. The first-order valence-corrected chi connectivity index (χ1v) is 7.70. The molecule has 0 atom stereocenters. The van der Waals surface area contributed by atoms with Crippen LogP contribution in [0.4, 0.5) is 0 Å². The zero-order valence-electron chi connectivity index (χ0n) is 13.4. The molecule has 6 nitrogen and oxygen atoms in total. The van der Waals surface area contributed by atoms with Gasteiger partial charge in [-0.2, -0.15) is 0 Å². The van der Waals surface area contributed by atoms with Gasteiger partial charge in [0.25, 0.3) is 0 Å². The largest absolute Gasteiger partial charge is 0.469 e. The molecule has 1 amide bonds. The molecule has 0 aromatic heterocycles. The van der Waals surface area contributed by atoms with E-state index in [0.29, 0.717) is 38.9 Å². The Labute approximate surface area is 127 Å². The first-order valence-electron chi connectivity index (χ1n) is 7.70. The van der Waals surface area contributed by atoms with Gasteiger partial charge in [-0.15, -0.1) is 0 Å². The van der Waals surface area contributed by atoms with E-state index >= 15 is 0 Å². The van der Waals surface area contributed by atoms with Crippen LogP contribution in [0.15, 0.2) is 0 Å². The molecule has 1 saturated heterocycles. The quantitative estimate of drug-likeness (QED) is 0.693. The van der Waals surface area contributed by atoms with Crippen LogP contribution < -0.4 is 0 Å². The highest BCUT2D eigenvalue weighted by Crippen LogP contribution is 2.18. The van der Waals surface area contributed by atoms with Crippen LogP contribution >= 0.6 is 0 Å². The monoisotopic (exact) mass is 300 g/mol. The maximum absolute atomic E-state index is 12.3. The second kappa shape index (κ2) is 9.00. The number of esters is 1. The average Bonchev–Trinajstić information content (AvgIpc) is 2.50. The highest BCUT2D eigenvalue weighted by molar-refractivity contribution is 5.79. The summed E-state index contributed by atoms with van der Waals surface area (Å²) in [6, 6.07) is 0.271. The molecule has 0 aromatic rings. The van der Waals surface area contributed by atoms with Gasteiger partial charge >= 0.3 is 5.97 Å². The predicted molar refractivity (Wildman–Crippen MR) is 79.7 cm³/mol. The van der Waals surface area contributed by atoms with E-state index < -0.39 is 0 Å². The third-order valence-electron chi connectivity index (χ3n) is 4.05. The van der Waals surface area contributed by atoms with Crippen molar-refractivity contribution in [1.29, 1.82) is 0 Å². The molecule has 0 aliphatic carbocycles. The summed E-state index contributed by atoms with van der Waals surface area (Å²) in [5.74, 6) is -0.145. The van der Waals surface area contributed by atoms with Crippen LogP contribution in [0.3, 0.4) is 0 Å². The lowest BCUT2D eigenvalue weighted by Crippen LogP contribution is -2.47. The fourth-order valence-electron chi connectivity index (χ4n) is 2.60. The molecule has 0 spiro atoms. The SMILES string of the molecule is COC(=O)C1CCN(C(=O)CN(CCCO)C(C)C)CC1. The molecule has 1 fully saturated rings. The standard InChI is InChI=1S/C15H28N2O4/c1-12(2)17(7-4-10-18)11-14(19)16-8-5-13(6-9-16)15(20)21-3/h12-13,18H,4-11H2,1-3H3. The number of carbonyl (C=O) groups excluding carboxylic acids is 2. The fraction of sp³-hybridized carbons (Fsp3) is 0.867. The minimum Gasteiger partial charge on any atom is -0.469 e. The summed E-state index contributed by atoms with van der Waals surface area (Å²) >= 11 is 0. The number of hydrogen-bond acceptors (Lipinski definition) is 5. The Morgan fingerprint density at radius 1 is 1.33 bits per heavy atom. The minimum atomic E-state index is -0.172. The number of aliphatic hydroxyl groups excluding tert-OH is 1. The van der Waals surface area contributed by atoms with Gasteiger partial charge in [-0.05, 0) is 33.1 Å². The van der Waals surface area contributed by atoms with Crippen molar-refractivity contribution < 1.29 is 19.4 Å². The van der Waals surface area contributed by atoms with Gasteiger partial charge in [0.05, 0.1) is 19.6 Å². The number of amides is 1. The first-order chi connectivity index (χ1) is 9.99. The summed E-state index contributed by atoms with van der Waals surface area (Å²) in [6.07, 6.45) is 2.03. The molecule has 1 heterocycles. The second-order valence-electron chi connectivity index (χ2n) is 5.82. The molecule has 1 aliphatic heterocycles. The Balaban J connectivity index is 2.43. The van der Waals surface area contributed by atoms with Gasteiger partial charge in [-0.25, -0.2) is 0 Å². The number of ether oxygens (including phenoxy) is 1. The van der Waals surface area contributed by atoms with Gasteiger partial charge in [-0.3, -0.25) is 14.5 Å². The van der Waals surface area contributed by atoms with Crippen LogP contribution in [0.5, 0.6) is 0 Å². The molecule has 0 radical (unpaired) electrons. The van der Waals surface area contributed by atoms with Gasteiger partial charge in [-0.1, -0.05) is 0 Å². The van der Waals surface area contributed by atoms with Crippen molar-refractivity contribution in [1.82, 2.24) is 9.80 Å². The van der Waals surface area contributed by atoms with Gasteiger partial charge < -0.3 is 14.7 Å². The van der Waals surface area contributed by atoms with E-state index in [0.717, 1.165) is 6.54 Å². The summed E-state index contributed by atoms with van der Waals surface area (Å²) in [7, 11) is 1.40. The summed E-state index contributed by atoms with van der Waals surface area (Å²) in [5.41, 5.74) is 0. The Bertz CT molecular complexity index is 339. The molecule has 0 unspecified atom stereocenters. The molecule has 0 aromatic carbocycles. The lowest BCUT2D eigenvalue weighted by Gasteiger charge is -2.33.